The van der Waals surface area contributed by atoms with Gasteiger partial charge in [-0.25, -0.2) is 4.98 Å². The maximum absolute atomic E-state index is 5.64. The molecule has 2 N–H and O–H groups in total. The number of oxazole rings is 1. The zero-order valence-corrected chi connectivity index (χ0v) is 11.4. The maximum Gasteiger partial charge on any atom is 0.195 e. The predicted octanol–water partition coefficient (Wildman–Crippen LogP) is 2.88. The molecular formula is C15H20N2O2. The summed E-state index contributed by atoms with van der Waals surface area (Å²) in [5, 5.41) is 0. The second kappa shape index (κ2) is 6.38. The van der Waals surface area contributed by atoms with Gasteiger partial charge >= 0.3 is 0 Å². The van der Waals surface area contributed by atoms with Gasteiger partial charge in [0, 0.05) is 18.5 Å². The molecule has 0 saturated heterocycles. The highest BCUT2D eigenvalue weighted by molar-refractivity contribution is 5.58. The SMILES string of the molecule is CC(C)COc1ccc(-c2coc(CCN)n2)cc1. The molecule has 0 aliphatic carbocycles. The van der Waals surface area contributed by atoms with Crippen LogP contribution in [0.5, 0.6) is 5.75 Å². The van der Waals surface area contributed by atoms with Gasteiger partial charge in [-0.1, -0.05) is 13.8 Å². The van der Waals surface area contributed by atoms with Crippen molar-refractivity contribution in [2.75, 3.05) is 13.2 Å². The fourth-order valence-corrected chi connectivity index (χ4v) is 1.67. The van der Waals surface area contributed by atoms with Crippen LogP contribution in [0.25, 0.3) is 11.3 Å². The van der Waals surface area contributed by atoms with E-state index < -0.39 is 0 Å². The molecule has 0 unspecified atom stereocenters. The summed E-state index contributed by atoms with van der Waals surface area (Å²) in [6, 6.07) is 7.88. The van der Waals surface area contributed by atoms with E-state index in [1.165, 1.54) is 0 Å². The summed E-state index contributed by atoms with van der Waals surface area (Å²) in [4.78, 5) is 4.39. The van der Waals surface area contributed by atoms with Crippen LogP contribution in [0.3, 0.4) is 0 Å². The summed E-state index contributed by atoms with van der Waals surface area (Å²) in [5.41, 5.74) is 7.32. The van der Waals surface area contributed by atoms with Gasteiger partial charge in [0.2, 0.25) is 0 Å². The molecule has 2 aromatic rings. The smallest absolute Gasteiger partial charge is 0.195 e. The molecule has 1 aromatic heterocycles. The monoisotopic (exact) mass is 260 g/mol. The third-order valence-corrected chi connectivity index (χ3v) is 2.64. The molecule has 0 amide bonds. The molecule has 0 saturated carbocycles. The molecule has 1 heterocycles. The van der Waals surface area contributed by atoms with E-state index >= 15 is 0 Å². The van der Waals surface area contributed by atoms with E-state index in [0.29, 0.717) is 24.8 Å². The van der Waals surface area contributed by atoms with Gasteiger partial charge in [-0.3, -0.25) is 0 Å². The van der Waals surface area contributed by atoms with E-state index in [4.69, 9.17) is 14.9 Å². The Morgan fingerprint density at radius 1 is 1.26 bits per heavy atom. The lowest BCUT2D eigenvalue weighted by Crippen LogP contribution is -2.04. The van der Waals surface area contributed by atoms with Crippen molar-refractivity contribution in [3.8, 4) is 17.0 Å². The molecule has 0 spiro atoms. The first kappa shape index (κ1) is 13.6. The number of hydrogen-bond donors (Lipinski definition) is 1. The summed E-state index contributed by atoms with van der Waals surface area (Å²) < 4.78 is 11.0. The first-order valence-electron chi connectivity index (χ1n) is 6.56. The van der Waals surface area contributed by atoms with Crippen molar-refractivity contribution in [2.45, 2.75) is 20.3 Å². The molecule has 4 nitrogen and oxygen atoms in total. The molecule has 2 rings (SSSR count). The van der Waals surface area contributed by atoms with Crippen molar-refractivity contribution in [1.29, 1.82) is 0 Å². The summed E-state index contributed by atoms with van der Waals surface area (Å²) in [6.07, 6.45) is 2.32. The highest BCUT2D eigenvalue weighted by atomic mass is 16.5. The van der Waals surface area contributed by atoms with Crippen molar-refractivity contribution in [2.24, 2.45) is 11.7 Å². The van der Waals surface area contributed by atoms with E-state index in [-0.39, 0.29) is 0 Å². The molecule has 102 valence electrons. The van der Waals surface area contributed by atoms with Crippen molar-refractivity contribution < 1.29 is 9.15 Å². The van der Waals surface area contributed by atoms with Gasteiger partial charge in [0.05, 0.1) is 6.61 Å². The van der Waals surface area contributed by atoms with Crippen LogP contribution in [0.1, 0.15) is 19.7 Å². The molecule has 4 heteroatoms. The van der Waals surface area contributed by atoms with Gasteiger partial charge in [-0.15, -0.1) is 0 Å². The molecule has 0 aliphatic heterocycles. The molecule has 0 radical (unpaired) electrons. The van der Waals surface area contributed by atoms with Crippen LogP contribution in [-0.4, -0.2) is 18.1 Å². The van der Waals surface area contributed by atoms with Crippen LogP contribution in [0.4, 0.5) is 0 Å². The Balaban J connectivity index is 2.04. The molecule has 0 atom stereocenters. The fourth-order valence-electron chi connectivity index (χ4n) is 1.67. The van der Waals surface area contributed by atoms with Crippen LogP contribution in [0.15, 0.2) is 34.9 Å². The second-order valence-electron chi connectivity index (χ2n) is 4.89. The van der Waals surface area contributed by atoms with E-state index in [1.807, 2.05) is 24.3 Å². The highest BCUT2D eigenvalue weighted by Gasteiger charge is 2.06. The zero-order valence-electron chi connectivity index (χ0n) is 11.4. The van der Waals surface area contributed by atoms with Crippen molar-refractivity contribution in [1.82, 2.24) is 4.98 Å². The maximum atomic E-state index is 5.64. The average Bonchev–Trinajstić information content (AvgIpc) is 2.86. The van der Waals surface area contributed by atoms with Crippen molar-refractivity contribution in [3.05, 3.63) is 36.4 Å². The Morgan fingerprint density at radius 3 is 2.63 bits per heavy atom. The number of ether oxygens (including phenoxy) is 1. The van der Waals surface area contributed by atoms with E-state index in [0.717, 1.165) is 23.6 Å². The number of aromatic nitrogens is 1. The lowest BCUT2D eigenvalue weighted by atomic mass is 10.1. The zero-order chi connectivity index (χ0) is 13.7. The Labute approximate surface area is 113 Å². The number of hydrogen-bond acceptors (Lipinski definition) is 4. The highest BCUT2D eigenvalue weighted by Crippen LogP contribution is 2.22. The minimum Gasteiger partial charge on any atom is -0.493 e. The van der Waals surface area contributed by atoms with Crippen molar-refractivity contribution >= 4 is 0 Å². The minimum atomic E-state index is 0.522. The second-order valence-corrected chi connectivity index (χ2v) is 4.89. The normalized spacial score (nSPS) is 10.9. The average molecular weight is 260 g/mol. The standard InChI is InChI=1S/C15H20N2O2/c1-11(2)9-18-13-5-3-12(4-6-13)14-10-19-15(17-14)7-8-16/h3-6,10-11H,7-9,16H2,1-2H3. The Hall–Kier alpha value is -1.81. The van der Waals surface area contributed by atoms with Gasteiger partial charge in [0.25, 0.3) is 0 Å². The van der Waals surface area contributed by atoms with Gasteiger partial charge in [0.15, 0.2) is 5.89 Å². The number of nitrogens with zero attached hydrogens (tertiary/aromatic N) is 1. The topological polar surface area (TPSA) is 61.3 Å². The largest absolute Gasteiger partial charge is 0.493 e. The van der Waals surface area contributed by atoms with Crippen LogP contribution >= 0.6 is 0 Å². The van der Waals surface area contributed by atoms with E-state index in [1.54, 1.807) is 6.26 Å². The molecule has 0 fully saturated rings. The summed E-state index contributed by atoms with van der Waals surface area (Å²) in [7, 11) is 0. The first-order chi connectivity index (χ1) is 9.19. The van der Waals surface area contributed by atoms with Gasteiger partial charge < -0.3 is 14.9 Å². The van der Waals surface area contributed by atoms with Crippen LogP contribution in [0, 0.1) is 5.92 Å². The lowest BCUT2D eigenvalue weighted by Gasteiger charge is -2.08. The Kier molecular flexibility index (Phi) is 4.58. The molecule has 0 aliphatic rings. The Morgan fingerprint density at radius 2 is 2.00 bits per heavy atom. The van der Waals surface area contributed by atoms with Gasteiger partial charge in [0.1, 0.15) is 17.7 Å². The van der Waals surface area contributed by atoms with Crippen molar-refractivity contribution in [3.63, 3.8) is 0 Å². The predicted molar refractivity (Wildman–Crippen MR) is 75.0 cm³/mol. The quantitative estimate of drug-likeness (QED) is 0.867. The van der Waals surface area contributed by atoms with E-state index in [9.17, 15) is 0 Å². The summed E-state index contributed by atoms with van der Waals surface area (Å²) in [6.45, 7) is 5.53. The fraction of sp³-hybridized carbons (Fsp3) is 0.400. The van der Waals surface area contributed by atoms with Gasteiger partial charge in [-0.2, -0.15) is 0 Å². The van der Waals surface area contributed by atoms with Crippen LogP contribution in [-0.2, 0) is 6.42 Å². The van der Waals surface area contributed by atoms with Crippen LogP contribution < -0.4 is 10.5 Å². The van der Waals surface area contributed by atoms with Crippen LogP contribution in [0.2, 0.25) is 0 Å². The summed E-state index contributed by atoms with van der Waals surface area (Å²) in [5.74, 6) is 2.08. The number of rotatable bonds is 6. The van der Waals surface area contributed by atoms with E-state index in [2.05, 4.69) is 18.8 Å². The Bertz CT molecular complexity index is 503. The third kappa shape index (κ3) is 3.83. The molecule has 0 bridgehead atoms. The first-order valence-corrected chi connectivity index (χ1v) is 6.56. The molecule has 19 heavy (non-hydrogen) atoms. The third-order valence-electron chi connectivity index (χ3n) is 2.64. The number of nitrogens with two attached hydrogens (primary N) is 1. The minimum absolute atomic E-state index is 0.522. The lowest BCUT2D eigenvalue weighted by molar-refractivity contribution is 0.271. The van der Waals surface area contributed by atoms with Gasteiger partial charge in [-0.05, 0) is 30.2 Å². The molecular weight excluding hydrogens is 240 g/mol. The summed E-state index contributed by atoms with van der Waals surface area (Å²) >= 11 is 0. The molecule has 1 aromatic carbocycles. The number of benzene rings is 1.